The van der Waals surface area contributed by atoms with Gasteiger partial charge in [0.2, 0.25) is 11.8 Å². The topological polar surface area (TPSA) is 62.3 Å². The Morgan fingerprint density at radius 1 is 1.33 bits per heavy atom. The van der Waals surface area contributed by atoms with Crippen LogP contribution in [0.4, 0.5) is 4.39 Å². The highest BCUT2D eigenvalue weighted by molar-refractivity contribution is 7.09. The van der Waals surface area contributed by atoms with Crippen molar-refractivity contribution in [2.75, 3.05) is 13.1 Å². The summed E-state index contributed by atoms with van der Waals surface area (Å²) in [5.74, 6) is 0.105. The van der Waals surface area contributed by atoms with E-state index in [1.165, 1.54) is 12.1 Å². The second kappa shape index (κ2) is 9.08. The lowest BCUT2D eigenvalue weighted by atomic mass is 9.97. The molecule has 1 aromatic heterocycles. The van der Waals surface area contributed by atoms with Crippen LogP contribution >= 0.6 is 11.3 Å². The van der Waals surface area contributed by atoms with Gasteiger partial charge in [0.25, 0.3) is 0 Å². The van der Waals surface area contributed by atoms with E-state index in [0.717, 1.165) is 23.5 Å². The molecule has 1 fully saturated rings. The maximum absolute atomic E-state index is 13.3. The summed E-state index contributed by atoms with van der Waals surface area (Å²) in [6.45, 7) is 3.68. The molecular weight excluding hydrogens is 365 g/mol. The number of nitrogens with zero attached hydrogens (tertiary/aromatic N) is 2. The number of piperidine rings is 1. The summed E-state index contributed by atoms with van der Waals surface area (Å²) in [6, 6.07) is 6.21. The SMILES string of the molecule is CCC(=O)NCc1csc(C2CCN(C(=O)Cc3cccc(F)c3)CC2)n1. The molecule has 5 nitrogen and oxygen atoms in total. The molecule has 1 aliphatic heterocycles. The highest BCUT2D eigenvalue weighted by Gasteiger charge is 2.25. The van der Waals surface area contributed by atoms with Crippen LogP contribution in [0, 0.1) is 5.82 Å². The maximum atomic E-state index is 13.3. The van der Waals surface area contributed by atoms with Crippen LogP contribution in [0.25, 0.3) is 0 Å². The summed E-state index contributed by atoms with van der Waals surface area (Å²) in [5, 5.41) is 5.91. The minimum Gasteiger partial charge on any atom is -0.350 e. The third-order valence-electron chi connectivity index (χ3n) is 4.80. The molecule has 7 heteroatoms. The van der Waals surface area contributed by atoms with Gasteiger partial charge in [-0.05, 0) is 30.5 Å². The Kier molecular flexibility index (Phi) is 6.55. The van der Waals surface area contributed by atoms with Crippen LogP contribution in [0.2, 0.25) is 0 Å². The summed E-state index contributed by atoms with van der Waals surface area (Å²) < 4.78 is 13.3. The second-order valence-corrected chi connectivity index (χ2v) is 7.66. The van der Waals surface area contributed by atoms with Crippen molar-refractivity contribution in [3.8, 4) is 0 Å². The van der Waals surface area contributed by atoms with Crippen molar-refractivity contribution in [1.29, 1.82) is 0 Å². The zero-order chi connectivity index (χ0) is 19.2. The van der Waals surface area contributed by atoms with Crippen LogP contribution in [0.3, 0.4) is 0 Å². The summed E-state index contributed by atoms with van der Waals surface area (Å²) >= 11 is 1.62. The van der Waals surface area contributed by atoms with Gasteiger partial charge in [0.15, 0.2) is 0 Å². The average molecular weight is 389 g/mol. The van der Waals surface area contributed by atoms with E-state index in [9.17, 15) is 14.0 Å². The highest BCUT2D eigenvalue weighted by Crippen LogP contribution is 2.30. The highest BCUT2D eigenvalue weighted by atomic mass is 32.1. The van der Waals surface area contributed by atoms with Crippen molar-refractivity contribution >= 4 is 23.2 Å². The van der Waals surface area contributed by atoms with E-state index in [2.05, 4.69) is 10.3 Å². The van der Waals surface area contributed by atoms with Gasteiger partial charge in [-0.2, -0.15) is 0 Å². The largest absolute Gasteiger partial charge is 0.350 e. The molecule has 2 heterocycles. The molecule has 0 saturated carbocycles. The molecule has 2 aromatic rings. The lowest BCUT2D eigenvalue weighted by Crippen LogP contribution is -2.38. The fourth-order valence-corrected chi connectivity index (χ4v) is 4.21. The van der Waals surface area contributed by atoms with Gasteiger partial charge in [0.05, 0.1) is 23.7 Å². The smallest absolute Gasteiger partial charge is 0.226 e. The Labute approximate surface area is 162 Å². The van der Waals surface area contributed by atoms with E-state index in [0.29, 0.717) is 37.5 Å². The number of hydrogen-bond acceptors (Lipinski definition) is 4. The van der Waals surface area contributed by atoms with Crippen molar-refractivity contribution in [3.63, 3.8) is 0 Å². The van der Waals surface area contributed by atoms with Gasteiger partial charge >= 0.3 is 0 Å². The van der Waals surface area contributed by atoms with Crippen molar-refractivity contribution < 1.29 is 14.0 Å². The number of amides is 2. The van der Waals surface area contributed by atoms with Crippen LogP contribution < -0.4 is 5.32 Å². The normalized spacial score (nSPS) is 15.0. The Morgan fingerprint density at radius 3 is 2.81 bits per heavy atom. The van der Waals surface area contributed by atoms with Crippen LogP contribution in [0.1, 0.15) is 48.4 Å². The van der Waals surface area contributed by atoms with Crippen molar-refractivity contribution in [1.82, 2.24) is 15.2 Å². The number of rotatable bonds is 6. The van der Waals surface area contributed by atoms with E-state index in [1.807, 2.05) is 17.2 Å². The predicted octanol–water partition coefficient (Wildman–Crippen LogP) is 3.26. The Balaban J connectivity index is 1.49. The number of benzene rings is 1. The van der Waals surface area contributed by atoms with Crippen molar-refractivity contribution in [3.05, 3.63) is 51.7 Å². The quantitative estimate of drug-likeness (QED) is 0.825. The second-order valence-electron chi connectivity index (χ2n) is 6.77. The molecule has 2 amide bonds. The first-order valence-corrected chi connectivity index (χ1v) is 10.2. The first kappa shape index (κ1) is 19.5. The molecule has 27 heavy (non-hydrogen) atoms. The zero-order valence-corrected chi connectivity index (χ0v) is 16.2. The number of likely N-dealkylation sites (tertiary alicyclic amines) is 1. The van der Waals surface area contributed by atoms with Gasteiger partial charge in [-0.3, -0.25) is 9.59 Å². The number of nitrogens with one attached hydrogen (secondary N) is 1. The fraction of sp³-hybridized carbons (Fsp3) is 0.450. The van der Waals surface area contributed by atoms with Gasteiger partial charge in [-0.1, -0.05) is 19.1 Å². The molecule has 0 bridgehead atoms. The van der Waals surface area contributed by atoms with Gasteiger partial charge in [-0.15, -0.1) is 11.3 Å². The van der Waals surface area contributed by atoms with E-state index in [1.54, 1.807) is 23.5 Å². The Morgan fingerprint density at radius 2 is 2.11 bits per heavy atom. The molecule has 0 spiro atoms. The number of carbonyl (C=O) groups excluding carboxylic acids is 2. The van der Waals surface area contributed by atoms with E-state index < -0.39 is 0 Å². The van der Waals surface area contributed by atoms with Crippen LogP contribution in [-0.2, 0) is 22.6 Å². The van der Waals surface area contributed by atoms with Crippen molar-refractivity contribution in [2.45, 2.75) is 45.1 Å². The van der Waals surface area contributed by atoms with E-state index in [-0.39, 0.29) is 24.1 Å². The van der Waals surface area contributed by atoms with E-state index in [4.69, 9.17) is 0 Å². The van der Waals surface area contributed by atoms with Crippen LogP contribution in [0.15, 0.2) is 29.6 Å². The third-order valence-corrected chi connectivity index (χ3v) is 5.85. The maximum Gasteiger partial charge on any atom is 0.226 e. The third kappa shape index (κ3) is 5.35. The molecule has 0 aliphatic carbocycles. The molecule has 1 saturated heterocycles. The number of aromatic nitrogens is 1. The molecule has 1 aromatic carbocycles. The molecule has 3 rings (SSSR count). The molecule has 1 aliphatic rings. The summed E-state index contributed by atoms with van der Waals surface area (Å²) in [7, 11) is 0. The summed E-state index contributed by atoms with van der Waals surface area (Å²) in [6.07, 6.45) is 2.46. The molecule has 1 N–H and O–H groups in total. The van der Waals surface area contributed by atoms with E-state index >= 15 is 0 Å². The molecule has 0 unspecified atom stereocenters. The standard InChI is InChI=1S/C20H24FN3O2S/c1-2-18(25)22-12-17-13-27-20(23-17)15-6-8-24(9-7-15)19(26)11-14-4-3-5-16(21)10-14/h3-5,10,13,15H,2,6-9,11-12H2,1H3,(H,22,25). The Bertz CT molecular complexity index is 800. The minimum absolute atomic E-state index is 0.0228. The number of thiazole rings is 1. The number of hydrogen-bond donors (Lipinski definition) is 1. The fourth-order valence-electron chi connectivity index (χ4n) is 3.21. The first-order chi connectivity index (χ1) is 13.0. The zero-order valence-electron chi connectivity index (χ0n) is 15.4. The van der Waals surface area contributed by atoms with Gasteiger partial charge in [0.1, 0.15) is 5.82 Å². The predicted molar refractivity (Wildman–Crippen MR) is 103 cm³/mol. The number of halogens is 1. The van der Waals surface area contributed by atoms with Crippen LogP contribution in [0.5, 0.6) is 0 Å². The first-order valence-electron chi connectivity index (χ1n) is 9.28. The molecule has 144 valence electrons. The Hall–Kier alpha value is -2.28. The summed E-state index contributed by atoms with van der Waals surface area (Å²) in [5.41, 5.74) is 1.60. The number of carbonyl (C=O) groups is 2. The molecular formula is C20H24FN3O2S. The monoisotopic (exact) mass is 389 g/mol. The van der Waals surface area contributed by atoms with Crippen LogP contribution in [-0.4, -0.2) is 34.8 Å². The minimum atomic E-state index is -0.311. The van der Waals surface area contributed by atoms with Gasteiger partial charge in [-0.25, -0.2) is 9.37 Å². The lowest BCUT2D eigenvalue weighted by molar-refractivity contribution is -0.131. The lowest BCUT2D eigenvalue weighted by Gasteiger charge is -2.31. The van der Waals surface area contributed by atoms with Crippen molar-refractivity contribution in [2.24, 2.45) is 0 Å². The molecule has 0 atom stereocenters. The van der Waals surface area contributed by atoms with Gasteiger partial charge in [0, 0.05) is 30.8 Å². The summed E-state index contributed by atoms with van der Waals surface area (Å²) in [4.78, 5) is 30.3. The average Bonchev–Trinajstić information content (AvgIpc) is 3.15. The van der Waals surface area contributed by atoms with Gasteiger partial charge < -0.3 is 10.2 Å². The molecule has 0 radical (unpaired) electrons.